The second-order valence-electron chi connectivity index (χ2n) is 7.71. The number of hydrogen-bond donors (Lipinski definition) is 1. The predicted octanol–water partition coefficient (Wildman–Crippen LogP) is 4.38. The van der Waals surface area contributed by atoms with Gasteiger partial charge in [0.15, 0.2) is 5.65 Å². The predicted molar refractivity (Wildman–Crippen MR) is 106 cm³/mol. The van der Waals surface area contributed by atoms with Crippen LogP contribution in [0.3, 0.4) is 0 Å². The van der Waals surface area contributed by atoms with Crippen molar-refractivity contribution in [3.63, 3.8) is 0 Å². The topological polar surface area (TPSA) is 49.2 Å². The summed E-state index contributed by atoms with van der Waals surface area (Å²) in [6, 6.07) is 11.6. The fourth-order valence-electron chi connectivity index (χ4n) is 4.12. The van der Waals surface area contributed by atoms with E-state index < -0.39 is 6.17 Å². The molecule has 0 radical (unpaired) electrons. The van der Waals surface area contributed by atoms with Crippen LogP contribution in [-0.2, 0) is 0 Å². The van der Waals surface area contributed by atoms with E-state index in [-0.39, 0.29) is 11.7 Å². The van der Waals surface area contributed by atoms with Gasteiger partial charge in [0.2, 0.25) is 0 Å². The first-order chi connectivity index (χ1) is 12.9. The lowest BCUT2D eigenvalue weighted by molar-refractivity contribution is 0.144. The van der Waals surface area contributed by atoms with E-state index in [9.17, 15) is 9.50 Å². The zero-order valence-electron chi connectivity index (χ0n) is 15.9. The molecule has 0 amide bonds. The van der Waals surface area contributed by atoms with Crippen LogP contribution in [0.2, 0.25) is 0 Å². The molecular formula is C22H24FN3O. The Hall–Kier alpha value is -2.53. The van der Waals surface area contributed by atoms with E-state index in [0.29, 0.717) is 24.3 Å². The van der Waals surface area contributed by atoms with Crippen LogP contribution in [0, 0.1) is 13.8 Å². The van der Waals surface area contributed by atoms with Crippen molar-refractivity contribution in [2.45, 2.75) is 32.4 Å². The average molecular weight is 365 g/mol. The Labute approximate surface area is 158 Å². The number of benzene rings is 1. The third kappa shape index (κ3) is 3.52. The number of nitrogens with zero attached hydrogens (tertiary/aromatic N) is 3. The molecular weight excluding hydrogens is 341 g/mol. The lowest BCUT2D eigenvalue weighted by Crippen LogP contribution is -2.38. The van der Waals surface area contributed by atoms with E-state index in [2.05, 4.69) is 0 Å². The van der Waals surface area contributed by atoms with Gasteiger partial charge in [0.25, 0.3) is 0 Å². The van der Waals surface area contributed by atoms with Crippen LogP contribution in [0.25, 0.3) is 22.3 Å². The summed E-state index contributed by atoms with van der Waals surface area (Å²) in [4.78, 5) is 11.5. The second kappa shape index (κ2) is 6.89. The van der Waals surface area contributed by atoms with Gasteiger partial charge in [0.05, 0.1) is 5.69 Å². The molecule has 4 nitrogen and oxygen atoms in total. The number of alkyl halides is 1. The minimum atomic E-state index is -0.822. The van der Waals surface area contributed by atoms with Gasteiger partial charge in [-0.25, -0.2) is 14.4 Å². The Balaban J connectivity index is 1.76. The smallest absolute Gasteiger partial charge is 0.160 e. The number of hydrogen-bond acceptors (Lipinski definition) is 4. The van der Waals surface area contributed by atoms with Gasteiger partial charge < -0.3 is 10.0 Å². The molecule has 1 N–H and O–H groups in total. The van der Waals surface area contributed by atoms with Gasteiger partial charge in [-0.15, -0.1) is 0 Å². The molecule has 1 aliphatic rings. The maximum absolute atomic E-state index is 14.0. The monoisotopic (exact) mass is 365 g/mol. The zero-order valence-corrected chi connectivity index (χ0v) is 15.9. The van der Waals surface area contributed by atoms with Gasteiger partial charge in [-0.2, -0.15) is 0 Å². The van der Waals surface area contributed by atoms with Crippen LogP contribution in [0.5, 0.6) is 5.75 Å². The first-order valence-corrected chi connectivity index (χ1v) is 9.31. The summed E-state index contributed by atoms with van der Waals surface area (Å²) in [5.74, 6) is 0.299. The highest BCUT2D eigenvalue weighted by Gasteiger charge is 2.27. The van der Waals surface area contributed by atoms with E-state index in [1.165, 1.54) is 0 Å². The molecule has 140 valence electrons. The molecule has 0 aliphatic carbocycles. The number of aryl methyl sites for hydroxylation is 2. The third-order valence-electron chi connectivity index (χ3n) is 5.29. The highest BCUT2D eigenvalue weighted by molar-refractivity contribution is 5.81. The average Bonchev–Trinajstić information content (AvgIpc) is 2.59. The Kier molecular flexibility index (Phi) is 4.56. The van der Waals surface area contributed by atoms with E-state index >= 15 is 0 Å². The number of likely N-dealkylation sites (N-methyl/N-ethyl adjacent to an activating group) is 1. The van der Waals surface area contributed by atoms with Crippen molar-refractivity contribution in [1.29, 1.82) is 0 Å². The molecule has 0 spiro atoms. The molecule has 5 heteroatoms. The first kappa shape index (κ1) is 17.9. The Morgan fingerprint density at radius 1 is 1.07 bits per heavy atom. The number of rotatable bonds is 2. The second-order valence-corrected chi connectivity index (χ2v) is 7.71. The van der Waals surface area contributed by atoms with E-state index in [1.54, 1.807) is 6.07 Å². The summed E-state index contributed by atoms with van der Waals surface area (Å²) in [6.07, 6.45) is -0.321. The van der Waals surface area contributed by atoms with Crippen LogP contribution in [0.1, 0.15) is 29.2 Å². The molecule has 3 heterocycles. The van der Waals surface area contributed by atoms with Gasteiger partial charge in [-0.05, 0) is 68.8 Å². The largest absolute Gasteiger partial charge is 0.507 e. The van der Waals surface area contributed by atoms with Gasteiger partial charge in [-0.1, -0.05) is 6.07 Å². The normalized spacial score (nSPS) is 20.9. The number of pyridine rings is 2. The third-order valence-corrected chi connectivity index (χ3v) is 5.29. The molecule has 1 fully saturated rings. The fraction of sp³-hybridized carbons (Fsp3) is 0.364. The molecule has 1 aliphatic heterocycles. The molecule has 2 atom stereocenters. The van der Waals surface area contributed by atoms with Crippen LogP contribution < -0.4 is 0 Å². The summed E-state index contributed by atoms with van der Waals surface area (Å²) in [7, 11) is 1.94. The summed E-state index contributed by atoms with van der Waals surface area (Å²) in [5, 5.41) is 11.3. The molecule has 2 unspecified atom stereocenters. The SMILES string of the molecule is Cc1cc(C)c(-c2ccc3ccc(C4CC(F)CN(C)C4)nc3n2)c(O)c1. The lowest BCUT2D eigenvalue weighted by Gasteiger charge is -2.31. The molecule has 0 bridgehead atoms. The summed E-state index contributed by atoms with van der Waals surface area (Å²) >= 11 is 0. The van der Waals surface area contributed by atoms with Gasteiger partial charge in [0, 0.05) is 35.7 Å². The minimum Gasteiger partial charge on any atom is -0.507 e. The highest BCUT2D eigenvalue weighted by atomic mass is 19.1. The summed E-state index contributed by atoms with van der Waals surface area (Å²) in [6.45, 7) is 5.21. The van der Waals surface area contributed by atoms with Crippen molar-refractivity contribution in [3.05, 3.63) is 53.2 Å². The minimum absolute atomic E-state index is 0.0723. The van der Waals surface area contributed by atoms with Gasteiger partial charge in [-0.3, -0.25) is 0 Å². The number of fused-ring (bicyclic) bond motifs is 1. The Bertz CT molecular complexity index is 971. The first-order valence-electron chi connectivity index (χ1n) is 9.31. The Morgan fingerprint density at radius 2 is 1.85 bits per heavy atom. The number of piperidine rings is 1. The van der Waals surface area contributed by atoms with Gasteiger partial charge in [0.1, 0.15) is 11.9 Å². The quantitative estimate of drug-likeness (QED) is 0.732. The maximum Gasteiger partial charge on any atom is 0.160 e. The van der Waals surface area contributed by atoms with Crippen LogP contribution in [-0.4, -0.2) is 46.3 Å². The molecule has 2 aromatic heterocycles. The van der Waals surface area contributed by atoms with Crippen molar-refractivity contribution < 1.29 is 9.50 Å². The van der Waals surface area contributed by atoms with E-state index in [4.69, 9.17) is 9.97 Å². The molecule has 1 saturated heterocycles. The number of likely N-dealkylation sites (tertiary alicyclic amines) is 1. The molecule has 1 aromatic carbocycles. The zero-order chi connectivity index (χ0) is 19.1. The van der Waals surface area contributed by atoms with Crippen molar-refractivity contribution >= 4 is 11.0 Å². The molecule has 0 saturated carbocycles. The van der Waals surface area contributed by atoms with Crippen LogP contribution in [0.15, 0.2) is 36.4 Å². The molecule has 27 heavy (non-hydrogen) atoms. The van der Waals surface area contributed by atoms with Crippen LogP contribution >= 0.6 is 0 Å². The van der Waals surface area contributed by atoms with E-state index in [1.807, 2.05) is 56.1 Å². The number of aromatic hydroxyl groups is 1. The lowest BCUT2D eigenvalue weighted by atomic mass is 9.93. The fourth-order valence-corrected chi connectivity index (χ4v) is 4.12. The van der Waals surface area contributed by atoms with Crippen molar-refractivity contribution in [2.24, 2.45) is 0 Å². The van der Waals surface area contributed by atoms with Gasteiger partial charge >= 0.3 is 0 Å². The van der Waals surface area contributed by atoms with Crippen molar-refractivity contribution in [3.8, 4) is 17.0 Å². The molecule has 4 rings (SSSR count). The maximum atomic E-state index is 14.0. The number of halogens is 1. The molecule has 3 aromatic rings. The highest BCUT2D eigenvalue weighted by Crippen LogP contribution is 2.34. The van der Waals surface area contributed by atoms with Crippen molar-refractivity contribution in [1.82, 2.24) is 14.9 Å². The number of aromatic nitrogens is 2. The summed E-state index contributed by atoms with van der Waals surface area (Å²) in [5.41, 5.74) is 4.93. The van der Waals surface area contributed by atoms with Crippen molar-refractivity contribution in [2.75, 3.05) is 20.1 Å². The summed E-state index contributed by atoms with van der Waals surface area (Å²) < 4.78 is 14.0. The standard InChI is InChI=1S/C22H24FN3O/c1-13-8-14(2)21(20(27)9-13)19-7-5-15-4-6-18(24-22(15)25-19)16-10-17(23)12-26(3)11-16/h4-9,16-17,27H,10-12H2,1-3H3. The Morgan fingerprint density at radius 3 is 2.59 bits per heavy atom. The number of phenols is 1. The number of phenolic OH excluding ortho intramolecular Hbond substituents is 1. The van der Waals surface area contributed by atoms with E-state index in [0.717, 1.165) is 34.3 Å². The van der Waals surface area contributed by atoms with Crippen LogP contribution in [0.4, 0.5) is 4.39 Å².